The van der Waals surface area contributed by atoms with E-state index in [1.54, 1.807) is 11.3 Å². The van der Waals surface area contributed by atoms with Crippen LogP contribution in [0.1, 0.15) is 23.5 Å². The summed E-state index contributed by atoms with van der Waals surface area (Å²) in [6.07, 6.45) is 2.94. The first kappa shape index (κ1) is 18.6. The SMILES string of the molecule is Cc1nc(CCNC(=O)C2CCCNC2)cs1.Cl.Cl. The molecule has 2 rings (SSSR count). The average Bonchev–Trinajstić information content (AvgIpc) is 2.76. The molecule has 0 bridgehead atoms. The lowest BCUT2D eigenvalue weighted by Gasteiger charge is -2.21. The minimum atomic E-state index is 0. The second kappa shape index (κ2) is 9.53. The molecule has 110 valence electrons. The van der Waals surface area contributed by atoms with Gasteiger partial charge >= 0.3 is 0 Å². The zero-order chi connectivity index (χ0) is 12.1. The summed E-state index contributed by atoms with van der Waals surface area (Å²) in [5, 5.41) is 9.40. The fourth-order valence-corrected chi connectivity index (χ4v) is 2.70. The second-order valence-corrected chi connectivity index (χ2v) is 5.50. The molecular formula is C12H21Cl2N3OS. The Morgan fingerprint density at radius 2 is 2.37 bits per heavy atom. The number of amides is 1. The smallest absolute Gasteiger partial charge is 0.224 e. The van der Waals surface area contributed by atoms with E-state index in [1.807, 2.05) is 6.92 Å². The molecule has 1 unspecified atom stereocenters. The standard InChI is InChI=1S/C12H19N3OS.2ClH/c1-9-15-11(8-17-9)4-6-14-12(16)10-3-2-5-13-7-10;;/h8,10,13H,2-7H2,1H3,(H,14,16);2*1H. The minimum absolute atomic E-state index is 0. The van der Waals surface area contributed by atoms with Crippen LogP contribution in [0.4, 0.5) is 0 Å². The van der Waals surface area contributed by atoms with Crippen molar-refractivity contribution in [3.05, 3.63) is 16.1 Å². The molecule has 0 aliphatic carbocycles. The number of nitrogens with one attached hydrogen (secondary N) is 2. The van der Waals surface area contributed by atoms with Gasteiger partial charge in [0, 0.05) is 24.9 Å². The van der Waals surface area contributed by atoms with Crippen molar-refractivity contribution in [2.24, 2.45) is 5.92 Å². The topological polar surface area (TPSA) is 54.0 Å². The minimum Gasteiger partial charge on any atom is -0.355 e. The van der Waals surface area contributed by atoms with Crippen molar-refractivity contribution in [1.82, 2.24) is 15.6 Å². The highest BCUT2D eigenvalue weighted by Crippen LogP contribution is 2.10. The zero-order valence-corrected chi connectivity index (χ0v) is 13.4. The number of rotatable bonds is 4. The van der Waals surface area contributed by atoms with Gasteiger partial charge in [-0.3, -0.25) is 4.79 Å². The fraction of sp³-hybridized carbons (Fsp3) is 0.667. The zero-order valence-electron chi connectivity index (χ0n) is 11.0. The normalized spacial score (nSPS) is 18.1. The van der Waals surface area contributed by atoms with Gasteiger partial charge in [-0.25, -0.2) is 4.98 Å². The van der Waals surface area contributed by atoms with E-state index in [0.29, 0.717) is 6.54 Å². The highest BCUT2D eigenvalue weighted by Gasteiger charge is 2.20. The molecule has 2 heterocycles. The molecule has 1 aromatic rings. The summed E-state index contributed by atoms with van der Waals surface area (Å²) in [7, 11) is 0. The molecule has 1 saturated heterocycles. The van der Waals surface area contributed by atoms with E-state index < -0.39 is 0 Å². The Labute approximate surface area is 130 Å². The number of hydrogen-bond acceptors (Lipinski definition) is 4. The Hall–Kier alpha value is -0.360. The van der Waals surface area contributed by atoms with Crippen LogP contribution in [0.15, 0.2) is 5.38 Å². The summed E-state index contributed by atoms with van der Waals surface area (Å²) in [5.74, 6) is 0.338. The van der Waals surface area contributed by atoms with Crippen molar-refractivity contribution in [2.45, 2.75) is 26.2 Å². The number of carbonyl (C=O) groups is 1. The second-order valence-electron chi connectivity index (χ2n) is 4.44. The van der Waals surface area contributed by atoms with E-state index in [9.17, 15) is 4.79 Å². The first-order valence-electron chi connectivity index (χ1n) is 6.15. The number of piperidine rings is 1. The Balaban J connectivity index is 0.00000162. The number of aryl methyl sites for hydroxylation is 1. The van der Waals surface area contributed by atoms with Crippen LogP contribution in [0, 0.1) is 12.8 Å². The summed E-state index contributed by atoms with van der Waals surface area (Å²) in [6, 6.07) is 0. The summed E-state index contributed by atoms with van der Waals surface area (Å²) in [4.78, 5) is 16.2. The third-order valence-corrected chi connectivity index (χ3v) is 3.84. The van der Waals surface area contributed by atoms with Gasteiger partial charge in [-0.15, -0.1) is 36.2 Å². The molecule has 1 atom stereocenters. The van der Waals surface area contributed by atoms with Crippen LogP contribution >= 0.6 is 36.2 Å². The van der Waals surface area contributed by atoms with Crippen LogP contribution < -0.4 is 10.6 Å². The lowest BCUT2D eigenvalue weighted by atomic mass is 9.99. The molecule has 0 radical (unpaired) electrons. The molecule has 1 aliphatic rings. The molecular weight excluding hydrogens is 305 g/mol. The highest BCUT2D eigenvalue weighted by atomic mass is 35.5. The van der Waals surface area contributed by atoms with Crippen molar-refractivity contribution < 1.29 is 4.79 Å². The molecule has 2 N–H and O–H groups in total. The highest BCUT2D eigenvalue weighted by molar-refractivity contribution is 7.09. The lowest BCUT2D eigenvalue weighted by molar-refractivity contribution is -0.125. The van der Waals surface area contributed by atoms with E-state index in [2.05, 4.69) is 21.0 Å². The fourth-order valence-electron chi connectivity index (χ4n) is 2.06. The predicted octanol–water partition coefficient (Wildman–Crippen LogP) is 1.95. The molecule has 19 heavy (non-hydrogen) atoms. The molecule has 0 spiro atoms. The van der Waals surface area contributed by atoms with Gasteiger partial charge in [-0.2, -0.15) is 0 Å². The number of hydrogen-bond donors (Lipinski definition) is 2. The van der Waals surface area contributed by atoms with Crippen molar-refractivity contribution in [1.29, 1.82) is 0 Å². The Morgan fingerprint density at radius 1 is 1.58 bits per heavy atom. The van der Waals surface area contributed by atoms with Crippen LogP contribution in [0.25, 0.3) is 0 Å². The summed E-state index contributed by atoms with van der Waals surface area (Å²) < 4.78 is 0. The Kier molecular flexibility index (Phi) is 9.35. The average molecular weight is 326 g/mol. The van der Waals surface area contributed by atoms with Gasteiger partial charge < -0.3 is 10.6 Å². The lowest BCUT2D eigenvalue weighted by Crippen LogP contribution is -2.41. The van der Waals surface area contributed by atoms with Crippen LogP contribution in [0.5, 0.6) is 0 Å². The first-order valence-corrected chi connectivity index (χ1v) is 7.03. The van der Waals surface area contributed by atoms with Gasteiger partial charge in [0.2, 0.25) is 5.91 Å². The van der Waals surface area contributed by atoms with Gasteiger partial charge in [-0.1, -0.05) is 0 Å². The van der Waals surface area contributed by atoms with Crippen LogP contribution in [0.2, 0.25) is 0 Å². The maximum atomic E-state index is 11.8. The summed E-state index contributed by atoms with van der Waals surface area (Å²) >= 11 is 1.66. The monoisotopic (exact) mass is 325 g/mol. The van der Waals surface area contributed by atoms with Gasteiger partial charge in [-0.05, 0) is 26.3 Å². The van der Waals surface area contributed by atoms with Crippen molar-refractivity contribution in [3.8, 4) is 0 Å². The van der Waals surface area contributed by atoms with Crippen LogP contribution in [0.3, 0.4) is 0 Å². The van der Waals surface area contributed by atoms with Gasteiger partial charge in [0.15, 0.2) is 0 Å². The number of aromatic nitrogens is 1. The molecule has 4 nitrogen and oxygen atoms in total. The summed E-state index contributed by atoms with van der Waals surface area (Å²) in [6.45, 7) is 4.56. The third-order valence-electron chi connectivity index (χ3n) is 3.01. The number of thiazole rings is 1. The Morgan fingerprint density at radius 3 is 2.95 bits per heavy atom. The number of nitrogens with zero attached hydrogens (tertiary/aromatic N) is 1. The molecule has 1 aliphatic heterocycles. The largest absolute Gasteiger partial charge is 0.355 e. The van der Waals surface area contributed by atoms with Crippen molar-refractivity contribution in [3.63, 3.8) is 0 Å². The van der Waals surface area contributed by atoms with Gasteiger partial charge in [0.25, 0.3) is 0 Å². The van der Waals surface area contributed by atoms with Crippen LogP contribution in [-0.2, 0) is 11.2 Å². The van der Waals surface area contributed by atoms with Gasteiger partial charge in [0.1, 0.15) is 0 Å². The maximum absolute atomic E-state index is 11.8. The molecule has 1 fully saturated rings. The molecule has 0 aromatic carbocycles. The Bertz CT molecular complexity index is 381. The van der Waals surface area contributed by atoms with E-state index in [-0.39, 0.29) is 36.6 Å². The molecule has 7 heteroatoms. The maximum Gasteiger partial charge on any atom is 0.224 e. The van der Waals surface area contributed by atoms with E-state index in [0.717, 1.165) is 43.1 Å². The quantitative estimate of drug-likeness (QED) is 0.889. The molecule has 1 amide bonds. The third kappa shape index (κ3) is 6.08. The first-order chi connectivity index (χ1) is 8.25. The molecule has 0 saturated carbocycles. The summed E-state index contributed by atoms with van der Waals surface area (Å²) in [5.41, 5.74) is 1.08. The van der Waals surface area contributed by atoms with Crippen molar-refractivity contribution >= 4 is 42.1 Å². The van der Waals surface area contributed by atoms with Gasteiger partial charge in [0.05, 0.1) is 16.6 Å². The molecule has 1 aromatic heterocycles. The van der Waals surface area contributed by atoms with Crippen molar-refractivity contribution in [2.75, 3.05) is 19.6 Å². The van der Waals surface area contributed by atoms with E-state index in [1.165, 1.54) is 0 Å². The van der Waals surface area contributed by atoms with E-state index in [4.69, 9.17) is 0 Å². The number of carbonyl (C=O) groups excluding carboxylic acids is 1. The van der Waals surface area contributed by atoms with E-state index >= 15 is 0 Å². The van der Waals surface area contributed by atoms with Crippen LogP contribution in [-0.4, -0.2) is 30.5 Å². The number of halogens is 2. The predicted molar refractivity (Wildman–Crippen MR) is 83.7 cm³/mol.